The first kappa shape index (κ1) is 23.9. The predicted octanol–water partition coefficient (Wildman–Crippen LogP) is 3.46. The number of carbonyl (C=O) groups excluding carboxylic acids is 1. The van der Waals surface area contributed by atoms with E-state index in [9.17, 15) is 13.2 Å². The first-order valence-corrected chi connectivity index (χ1v) is 10.4. The van der Waals surface area contributed by atoms with Crippen LogP contribution in [-0.4, -0.2) is 26.4 Å². The lowest BCUT2D eigenvalue weighted by Crippen LogP contribution is -2.49. The molecule has 0 bridgehead atoms. The van der Waals surface area contributed by atoms with Gasteiger partial charge in [-0.1, -0.05) is 37.6 Å². The van der Waals surface area contributed by atoms with Crippen LogP contribution in [0.25, 0.3) is 0 Å². The number of carbonyl (C=O) groups is 1. The fourth-order valence-corrected chi connectivity index (χ4v) is 3.60. The van der Waals surface area contributed by atoms with Crippen LogP contribution < -0.4 is 15.8 Å². The number of hydrogen-bond acceptors (Lipinski definition) is 4. The molecular formula is C20H28ClN3O3S. The standard InChI is InChI=1S/C20H27N3O3S.ClH/c1-4-20(21,5-2)14-22-19(24)16-7-6-8-18(13-16)27(25,26)23-17-11-9-15(3)10-12-17;/h6-13,23H,4-5,14,21H2,1-3H3,(H,22,24);1H. The molecule has 4 N–H and O–H groups in total. The molecule has 0 aliphatic heterocycles. The quantitative estimate of drug-likeness (QED) is 0.602. The molecule has 0 saturated carbocycles. The third-order valence-electron chi connectivity index (χ3n) is 4.72. The number of halogens is 1. The van der Waals surface area contributed by atoms with Crippen LogP contribution in [0.2, 0.25) is 0 Å². The van der Waals surface area contributed by atoms with E-state index in [0.717, 1.165) is 18.4 Å². The van der Waals surface area contributed by atoms with E-state index in [1.54, 1.807) is 24.3 Å². The van der Waals surface area contributed by atoms with Crippen molar-refractivity contribution in [2.24, 2.45) is 5.73 Å². The highest BCUT2D eigenvalue weighted by Crippen LogP contribution is 2.18. The minimum absolute atomic E-state index is 0. The van der Waals surface area contributed by atoms with Crippen LogP contribution in [0.1, 0.15) is 42.6 Å². The van der Waals surface area contributed by atoms with E-state index in [1.807, 2.05) is 32.9 Å². The molecular weight excluding hydrogens is 398 g/mol. The summed E-state index contributed by atoms with van der Waals surface area (Å²) in [6.07, 6.45) is 1.47. The number of rotatable bonds is 8. The van der Waals surface area contributed by atoms with E-state index in [0.29, 0.717) is 12.2 Å². The van der Waals surface area contributed by atoms with Crippen LogP contribution in [0, 0.1) is 6.92 Å². The molecule has 1 amide bonds. The number of sulfonamides is 1. The van der Waals surface area contributed by atoms with E-state index in [1.165, 1.54) is 12.1 Å². The average molecular weight is 426 g/mol. The number of benzene rings is 2. The monoisotopic (exact) mass is 425 g/mol. The van der Waals surface area contributed by atoms with Gasteiger partial charge in [-0.05, 0) is 50.1 Å². The normalized spacial score (nSPS) is 11.4. The Balaban J connectivity index is 0.00000392. The molecule has 0 spiro atoms. The molecule has 0 radical (unpaired) electrons. The number of nitrogens with one attached hydrogen (secondary N) is 2. The zero-order valence-electron chi connectivity index (χ0n) is 16.4. The molecule has 0 aliphatic carbocycles. The third-order valence-corrected chi connectivity index (χ3v) is 6.10. The summed E-state index contributed by atoms with van der Waals surface area (Å²) >= 11 is 0. The van der Waals surface area contributed by atoms with Gasteiger partial charge in [-0.15, -0.1) is 12.4 Å². The van der Waals surface area contributed by atoms with Crippen LogP contribution >= 0.6 is 12.4 Å². The minimum atomic E-state index is -3.79. The van der Waals surface area contributed by atoms with E-state index in [2.05, 4.69) is 10.0 Å². The molecule has 0 unspecified atom stereocenters. The fourth-order valence-electron chi connectivity index (χ4n) is 2.50. The van der Waals surface area contributed by atoms with Crippen molar-refractivity contribution in [3.8, 4) is 0 Å². The number of hydrogen-bond donors (Lipinski definition) is 3. The summed E-state index contributed by atoms with van der Waals surface area (Å²) in [6.45, 7) is 6.20. The van der Waals surface area contributed by atoms with Crippen molar-refractivity contribution in [2.45, 2.75) is 44.0 Å². The van der Waals surface area contributed by atoms with Gasteiger partial charge in [0, 0.05) is 23.3 Å². The van der Waals surface area contributed by atoms with Gasteiger partial charge in [0.2, 0.25) is 0 Å². The van der Waals surface area contributed by atoms with Gasteiger partial charge in [-0.2, -0.15) is 0 Å². The molecule has 0 fully saturated rings. The van der Waals surface area contributed by atoms with E-state index >= 15 is 0 Å². The SMILES string of the molecule is CCC(N)(CC)CNC(=O)c1cccc(S(=O)(=O)Nc2ccc(C)cc2)c1.Cl. The zero-order valence-corrected chi connectivity index (χ0v) is 18.0. The lowest BCUT2D eigenvalue weighted by Gasteiger charge is -2.26. The van der Waals surface area contributed by atoms with Crippen LogP contribution in [0.15, 0.2) is 53.4 Å². The summed E-state index contributed by atoms with van der Waals surface area (Å²) in [5.41, 5.74) is 7.51. The van der Waals surface area contributed by atoms with Crippen molar-refractivity contribution < 1.29 is 13.2 Å². The van der Waals surface area contributed by atoms with Crippen molar-refractivity contribution >= 4 is 34.0 Å². The Labute approximate surface area is 173 Å². The van der Waals surface area contributed by atoms with E-state index in [4.69, 9.17) is 5.73 Å². The Hall–Kier alpha value is -2.09. The van der Waals surface area contributed by atoms with Crippen LogP contribution in [-0.2, 0) is 10.0 Å². The van der Waals surface area contributed by atoms with Crippen molar-refractivity contribution in [1.82, 2.24) is 5.32 Å². The van der Waals surface area contributed by atoms with E-state index < -0.39 is 15.6 Å². The van der Waals surface area contributed by atoms with Crippen LogP contribution in [0.5, 0.6) is 0 Å². The predicted molar refractivity (Wildman–Crippen MR) is 116 cm³/mol. The topological polar surface area (TPSA) is 101 Å². The second kappa shape index (κ2) is 9.91. The van der Waals surface area contributed by atoms with Crippen molar-refractivity contribution in [1.29, 1.82) is 0 Å². The number of amides is 1. The van der Waals surface area contributed by atoms with Gasteiger partial charge in [0.25, 0.3) is 15.9 Å². The summed E-state index contributed by atoms with van der Waals surface area (Å²) in [5, 5.41) is 2.80. The van der Waals surface area contributed by atoms with E-state index in [-0.39, 0.29) is 28.8 Å². The smallest absolute Gasteiger partial charge is 0.261 e. The van der Waals surface area contributed by atoms with Gasteiger partial charge in [0.1, 0.15) is 0 Å². The lowest BCUT2D eigenvalue weighted by atomic mass is 9.94. The molecule has 0 saturated heterocycles. The Bertz CT molecular complexity index is 895. The highest BCUT2D eigenvalue weighted by atomic mass is 35.5. The molecule has 0 aliphatic rings. The summed E-state index contributed by atoms with van der Waals surface area (Å²) in [6, 6.07) is 13.0. The van der Waals surface area contributed by atoms with Gasteiger partial charge < -0.3 is 11.1 Å². The lowest BCUT2D eigenvalue weighted by molar-refractivity contribution is 0.0942. The van der Waals surface area contributed by atoms with Crippen LogP contribution in [0.4, 0.5) is 5.69 Å². The molecule has 2 aromatic rings. The van der Waals surface area contributed by atoms with Gasteiger partial charge in [0.05, 0.1) is 4.90 Å². The highest BCUT2D eigenvalue weighted by molar-refractivity contribution is 7.92. The maximum atomic E-state index is 12.6. The van der Waals surface area contributed by atoms with Crippen molar-refractivity contribution in [2.75, 3.05) is 11.3 Å². The second-order valence-corrected chi connectivity index (χ2v) is 8.43. The summed E-state index contributed by atoms with van der Waals surface area (Å²) < 4.78 is 27.7. The first-order valence-electron chi connectivity index (χ1n) is 8.96. The maximum absolute atomic E-state index is 12.6. The maximum Gasteiger partial charge on any atom is 0.261 e. The van der Waals surface area contributed by atoms with Crippen molar-refractivity contribution in [3.05, 3.63) is 59.7 Å². The van der Waals surface area contributed by atoms with Gasteiger partial charge in [0.15, 0.2) is 0 Å². The van der Waals surface area contributed by atoms with Crippen molar-refractivity contribution in [3.63, 3.8) is 0 Å². The van der Waals surface area contributed by atoms with Gasteiger partial charge >= 0.3 is 0 Å². The Morgan fingerprint density at radius 1 is 1.07 bits per heavy atom. The minimum Gasteiger partial charge on any atom is -0.350 e. The van der Waals surface area contributed by atoms with Crippen LogP contribution in [0.3, 0.4) is 0 Å². The Morgan fingerprint density at radius 3 is 2.25 bits per heavy atom. The molecule has 6 nitrogen and oxygen atoms in total. The average Bonchev–Trinajstić information content (AvgIpc) is 2.67. The molecule has 28 heavy (non-hydrogen) atoms. The molecule has 2 aromatic carbocycles. The summed E-state index contributed by atoms with van der Waals surface area (Å²) in [7, 11) is -3.79. The molecule has 0 heterocycles. The Kier molecular flexibility index (Phi) is 8.48. The summed E-state index contributed by atoms with van der Waals surface area (Å²) in [5.74, 6) is -0.348. The number of aryl methyl sites for hydroxylation is 1. The number of anilines is 1. The molecule has 0 aromatic heterocycles. The third kappa shape index (κ3) is 6.22. The molecule has 154 valence electrons. The fraction of sp³-hybridized carbons (Fsp3) is 0.350. The van der Waals surface area contributed by atoms with Gasteiger partial charge in [-0.25, -0.2) is 8.42 Å². The van der Waals surface area contributed by atoms with Gasteiger partial charge in [-0.3, -0.25) is 9.52 Å². The highest BCUT2D eigenvalue weighted by Gasteiger charge is 2.22. The molecule has 0 atom stereocenters. The largest absolute Gasteiger partial charge is 0.350 e. The molecule has 8 heteroatoms. The zero-order chi connectivity index (χ0) is 20.1. The second-order valence-electron chi connectivity index (χ2n) is 6.75. The summed E-state index contributed by atoms with van der Waals surface area (Å²) in [4.78, 5) is 12.4. The molecule has 2 rings (SSSR count). The Morgan fingerprint density at radius 2 is 1.68 bits per heavy atom. The first-order chi connectivity index (χ1) is 12.7. The number of nitrogens with two attached hydrogens (primary N) is 1.